The minimum Gasteiger partial charge on any atom is -0.480 e. The molecule has 0 spiro atoms. The number of nitrogens with zero attached hydrogens (tertiary/aromatic N) is 1. The van der Waals surface area contributed by atoms with Crippen LogP contribution >= 0.6 is 11.6 Å². The van der Waals surface area contributed by atoms with Crippen LogP contribution in [0.4, 0.5) is 5.69 Å². The molecular formula is C19H20ClNO3. The molecule has 0 aliphatic carbocycles. The zero-order valence-electron chi connectivity index (χ0n) is 13.9. The summed E-state index contributed by atoms with van der Waals surface area (Å²) in [5.41, 5.74) is 3.03. The number of carboxylic acid groups (broad SMARTS) is 1. The van der Waals surface area contributed by atoms with Gasteiger partial charge in [0, 0.05) is 6.21 Å². The van der Waals surface area contributed by atoms with Crippen molar-refractivity contribution in [3.05, 3.63) is 58.6 Å². The molecular weight excluding hydrogens is 326 g/mol. The van der Waals surface area contributed by atoms with Crippen molar-refractivity contribution in [2.75, 3.05) is 6.61 Å². The van der Waals surface area contributed by atoms with Crippen molar-refractivity contribution >= 4 is 29.5 Å². The van der Waals surface area contributed by atoms with E-state index >= 15 is 0 Å². The van der Waals surface area contributed by atoms with Gasteiger partial charge in [-0.15, -0.1) is 0 Å². The summed E-state index contributed by atoms with van der Waals surface area (Å²) in [6.07, 6.45) is 1.71. The van der Waals surface area contributed by atoms with Crippen LogP contribution in [-0.2, 0) is 10.2 Å². The molecule has 0 aliphatic rings. The van der Waals surface area contributed by atoms with Gasteiger partial charge in [-0.1, -0.05) is 44.5 Å². The van der Waals surface area contributed by atoms with Crippen LogP contribution in [0, 0.1) is 0 Å². The Hall–Kier alpha value is -2.33. The molecule has 0 amide bonds. The highest BCUT2D eigenvalue weighted by molar-refractivity contribution is 6.32. The van der Waals surface area contributed by atoms with E-state index in [2.05, 4.69) is 37.9 Å². The summed E-state index contributed by atoms with van der Waals surface area (Å²) in [4.78, 5) is 14.9. The first-order valence-electron chi connectivity index (χ1n) is 7.54. The van der Waals surface area contributed by atoms with Gasteiger partial charge in [0.2, 0.25) is 0 Å². The van der Waals surface area contributed by atoms with E-state index in [0.717, 1.165) is 11.3 Å². The van der Waals surface area contributed by atoms with Gasteiger partial charge < -0.3 is 9.84 Å². The molecule has 126 valence electrons. The van der Waals surface area contributed by atoms with Gasteiger partial charge in [0.1, 0.15) is 5.75 Å². The van der Waals surface area contributed by atoms with Crippen molar-refractivity contribution in [1.82, 2.24) is 0 Å². The zero-order valence-corrected chi connectivity index (χ0v) is 14.7. The average Bonchev–Trinajstić information content (AvgIpc) is 2.51. The third-order valence-electron chi connectivity index (χ3n) is 3.40. The van der Waals surface area contributed by atoms with Crippen molar-refractivity contribution in [2.24, 2.45) is 4.99 Å². The van der Waals surface area contributed by atoms with Crippen molar-refractivity contribution in [2.45, 2.75) is 26.2 Å². The molecule has 2 aromatic rings. The lowest BCUT2D eigenvalue weighted by Crippen LogP contribution is -2.10. The lowest BCUT2D eigenvalue weighted by atomic mass is 9.87. The highest BCUT2D eigenvalue weighted by atomic mass is 35.5. The Morgan fingerprint density at radius 2 is 1.88 bits per heavy atom. The summed E-state index contributed by atoms with van der Waals surface area (Å²) in [5, 5.41) is 8.96. The Morgan fingerprint density at radius 1 is 1.21 bits per heavy atom. The zero-order chi connectivity index (χ0) is 17.7. The molecule has 0 aromatic heterocycles. The maximum Gasteiger partial charge on any atom is 0.341 e. The minimum atomic E-state index is -1.05. The fourth-order valence-corrected chi connectivity index (χ4v) is 2.29. The number of rotatable bonds is 5. The Balaban J connectivity index is 2.09. The predicted molar refractivity (Wildman–Crippen MR) is 97.0 cm³/mol. The number of carboxylic acids is 1. The number of carbonyl (C=O) groups is 1. The van der Waals surface area contributed by atoms with E-state index in [9.17, 15) is 4.79 Å². The fourth-order valence-electron chi connectivity index (χ4n) is 2.05. The van der Waals surface area contributed by atoms with Gasteiger partial charge >= 0.3 is 5.97 Å². The van der Waals surface area contributed by atoms with Gasteiger partial charge in [-0.25, -0.2) is 4.79 Å². The van der Waals surface area contributed by atoms with E-state index in [1.807, 2.05) is 12.1 Å². The minimum absolute atomic E-state index is 0.113. The largest absolute Gasteiger partial charge is 0.480 e. The van der Waals surface area contributed by atoms with Crippen LogP contribution in [0.5, 0.6) is 5.75 Å². The molecule has 0 radical (unpaired) electrons. The van der Waals surface area contributed by atoms with Gasteiger partial charge in [0.15, 0.2) is 6.61 Å². The van der Waals surface area contributed by atoms with Crippen molar-refractivity contribution < 1.29 is 14.6 Å². The second-order valence-corrected chi connectivity index (χ2v) is 6.83. The second kappa shape index (κ2) is 7.49. The molecule has 0 aliphatic heterocycles. The standard InChI is InChI=1S/C19H20ClNO3/c1-19(2,3)14-5-7-15(8-6-14)21-11-13-4-9-17(16(20)10-13)24-12-18(22)23/h4-11H,12H2,1-3H3,(H,22,23). The number of ether oxygens (including phenoxy) is 1. The summed E-state index contributed by atoms with van der Waals surface area (Å²) in [6.45, 7) is 6.08. The summed E-state index contributed by atoms with van der Waals surface area (Å²) in [6, 6.07) is 13.2. The van der Waals surface area contributed by atoms with Crippen molar-refractivity contribution in [3.8, 4) is 5.75 Å². The molecule has 4 nitrogen and oxygen atoms in total. The van der Waals surface area contributed by atoms with Gasteiger partial charge in [-0.05, 0) is 46.9 Å². The molecule has 5 heteroatoms. The first-order chi connectivity index (χ1) is 11.3. The molecule has 1 N–H and O–H groups in total. The van der Waals surface area contributed by atoms with E-state index in [1.165, 1.54) is 5.56 Å². The summed E-state index contributed by atoms with van der Waals surface area (Å²) in [7, 11) is 0. The topological polar surface area (TPSA) is 58.9 Å². The smallest absolute Gasteiger partial charge is 0.341 e. The van der Waals surface area contributed by atoms with Crippen LogP contribution < -0.4 is 4.74 Å². The number of aliphatic imine (C=N–C) groups is 1. The van der Waals surface area contributed by atoms with Crippen LogP contribution in [-0.4, -0.2) is 23.9 Å². The van der Waals surface area contributed by atoms with E-state index < -0.39 is 12.6 Å². The molecule has 0 atom stereocenters. The maximum absolute atomic E-state index is 10.5. The van der Waals surface area contributed by atoms with Crippen molar-refractivity contribution in [3.63, 3.8) is 0 Å². The SMILES string of the molecule is CC(C)(C)c1ccc(N=Cc2ccc(OCC(=O)O)c(Cl)c2)cc1. The number of hydrogen-bond donors (Lipinski definition) is 1. The van der Waals surface area contributed by atoms with Gasteiger partial charge in [0.05, 0.1) is 10.7 Å². The van der Waals surface area contributed by atoms with Crippen molar-refractivity contribution in [1.29, 1.82) is 0 Å². The highest BCUT2D eigenvalue weighted by Gasteiger charge is 2.12. The predicted octanol–water partition coefficient (Wildman–Crippen LogP) is 4.85. The van der Waals surface area contributed by atoms with Gasteiger partial charge in [0.25, 0.3) is 0 Å². The lowest BCUT2D eigenvalue weighted by Gasteiger charge is -2.18. The van der Waals surface area contributed by atoms with Crippen LogP contribution in [0.25, 0.3) is 0 Å². The Kier molecular flexibility index (Phi) is 5.62. The number of aliphatic carboxylic acids is 1. The monoisotopic (exact) mass is 345 g/mol. The van der Waals surface area contributed by atoms with Crippen LogP contribution in [0.15, 0.2) is 47.5 Å². The number of halogens is 1. The van der Waals surface area contributed by atoms with E-state index in [4.69, 9.17) is 21.4 Å². The van der Waals surface area contributed by atoms with Crippen LogP contribution in [0.3, 0.4) is 0 Å². The quantitative estimate of drug-likeness (QED) is 0.788. The van der Waals surface area contributed by atoms with E-state index in [1.54, 1.807) is 24.4 Å². The average molecular weight is 346 g/mol. The maximum atomic E-state index is 10.5. The number of benzene rings is 2. The highest BCUT2D eigenvalue weighted by Crippen LogP contribution is 2.26. The Bertz CT molecular complexity index is 746. The van der Waals surface area contributed by atoms with E-state index in [0.29, 0.717) is 10.8 Å². The molecule has 0 unspecified atom stereocenters. The first-order valence-corrected chi connectivity index (χ1v) is 7.92. The third-order valence-corrected chi connectivity index (χ3v) is 3.70. The summed E-state index contributed by atoms with van der Waals surface area (Å²) >= 11 is 6.09. The molecule has 0 saturated heterocycles. The number of hydrogen-bond acceptors (Lipinski definition) is 3. The Labute approximate surface area is 146 Å². The van der Waals surface area contributed by atoms with Gasteiger partial charge in [-0.2, -0.15) is 0 Å². The molecule has 0 heterocycles. The first kappa shape index (κ1) is 18.0. The molecule has 0 bridgehead atoms. The van der Waals surface area contributed by atoms with Crippen LogP contribution in [0.1, 0.15) is 31.9 Å². The summed E-state index contributed by atoms with van der Waals surface area (Å²) < 4.78 is 5.09. The normalized spacial score (nSPS) is 11.7. The molecule has 0 fully saturated rings. The third kappa shape index (κ3) is 5.10. The Morgan fingerprint density at radius 3 is 2.42 bits per heavy atom. The molecule has 0 saturated carbocycles. The summed E-state index contributed by atoms with van der Waals surface area (Å²) in [5.74, 6) is -0.707. The second-order valence-electron chi connectivity index (χ2n) is 6.43. The van der Waals surface area contributed by atoms with Gasteiger partial charge in [-0.3, -0.25) is 4.99 Å². The molecule has 2 rings (SSSR count). The lowest BCUT2D eigenvalue weighted by molar-refractivity contribution is -0.139. The van der Waals surface area contributed by atoms with Crippen LogP contribution in [0.2, 0.25) is 5.02 Å². The fraction of sp³-hybridized carbons (Fsp3) is 0.263. The molecule has 24 heavy (non-hydrogen) atoms. The molecule has 2 aromatic carbocycles. The van der Waals surface area contributed by atoms with E-state index in [-0.39, 0.29) is 5.41 Å².